The SMILES string of the molecule is CN(C)C(=O)CCC1(C)CCCCC1. The summed E-state index contributed by atoms with van der Waals surface area (Å²) in [5.41, 5.74) is 0.448. The van der Waals surface area contributed by atoms with E-state index in [-0.39, 0.29) is 5.91 Å². The van der Waals surface area contributed by atoms with E-state index >= 15 is 0 Å². The van der Waals surface area contributed by atoms with Gasteiger partial charge >= 0.3 is 0 Å². The van der Waals surface area contributed by atoms with E-state index in [9.17, 15) is 4.79 Å². The van der Waals surface area contributed by atoms with Crippen LogP contribution in [0, 0.1) is 5.41 Å². The molecule has 2 nitrogen and oxygen atoms in total. The zero-order valence-corrected chi connectivity index (χ0v) is 9.81. The Morgan fingerprint density at radius 3 is 2.29 bits per heavy atom. The highest BCUT2D eigenvalue weighted by atomic mass is 16.2. The van der Waals surface area contributed by atoms with E-state index < -0.39 is 0 Å². The van der Waals surface area contributed by atoms with Gasteiger partial charge in [0.2, 0.25) is 5.91 Å². The van der Waals surface area contributed by atoms with Gasteiger partial charge < -0.3 is 4.90 Å². The second-order valence-electron chi connectivity index (χ2n) is 5.16. The minimum Gasteiger partial charge on any atom is -0.349 e. The molecule has 0 heterocycles. The third kappa shape index (κ3) is 3.32. The predicted molar refractivity (Wildman–Crippen MR) is 59.1 cm³/mol. The second kappa shape index (κ2) is 4.81. The molecule has 14 heavy (non-hydrogen) atoms. The van der Waals surface area contributed by atoms with Gasteiger partial charge in [-0.1, -0.05) is 26.2 Å². The van der Waals surface area contributed by atoms with Gasteiger partial charge in [0, 0.05) is 20.5 Å². The molecule has 0 bridgehead atoms. The summed E-state index contributed by atoms with van der Waals surface area (Å²) in [6.07, 6.45) is 8.52. The topological polar surface area (TPSA) is 20.3 Å². The fourth-order valence-corrected chi connectivity index (χ4v) is 2.29. The van der Waals surface area contributed by atoms with Crippen LogP contribution in [-0.2, 0) is 4.79 Å². The number of nitrogens with zero attached hydrogens (tertiary/aromatic N) is 1. The molecule has 0 atom stereocenters. The van der Waals surface area contributed by atoms with Gasteiger partial charge in [-0.3, -0.25) is 4.79 Å². The van der Waals surface area contributed by atoms with Crippen molar-refractivity contribution in [3.05, 3.63) is 0 Å². The van der Waals surface area contributed by atoms with E-state index in [1.54, 1.807) is 4.90 Å². The molecule has 0 saturated heterocycles. The van der Waals surface area contributed by atoms with Crippen molar-refractivity contribution in [2.24, 2.45) is 5.41 Å². The first kappa shape index (κ1) is 11.5. The third-order valence-electron chi connectivity index (χ3n) is 3.50. The molecule has 1 saturated carbocycles. The third-order valence-corrected chi connectivity index (χ3v) is 3.50. The average Bonchev–Trinajstić information content (AvgIpc) is 2.15. The molecule has 82 valence electrons. The number of rotatable bonds is 3. The standard InChI is InChI=1S/C12H23NO/c1-12(8-5-4-6-9-12)10-7-11(14)13(2)3/h4-10H2,1-3H3. The van der Waals surface area contributed by atoms with Crippen molar-refractivity contribution in [3.8, 4) is 0 Å². The molecule has 1 amide bonds. The van der Waals surface area contributed by atoms with Crippen LogP contribution in [0.25, 0.3) is 0 Å². The minimum atomic E-state index is 0.275. The van der Waals surface area contributed by atoms with Crippen LogP contribution in [0.5, 0.6) is 0 Å². The van der Waals surface area contributed by atoms with Crippen LogP contribution in [0.15, 0.2) is 0 Å². The monoisotopic (exact) mass is 197 g/mol. The maximum atomic E-state index is 11.5. The maximum Gasteiger partial charge on any atom is 0.222 e. The molecule has 0 unspecified atom stereocenters. The summed E-state index contributed by atoms with van der Waals surface area (Å²) in [4.78, 5) is 13.2. The van der Waals surface area contributed by atoms with Crippen LogP contribution in [0.4, 0.5) is 0 Å². The number of hydrogen-bond donors (Lipinski definition) is 0. The lowest BCUT2D eigenvalue weighted by atomic mass is 9.73. The van der Waals surface area contributed by atoms with Crippen LogP contribution in [-0.4, -0.2) is 24.9 Å². The van der Waals surface area contributed by atoms with Gasteiger partial charge in [0.15, 0.2) is 0 Å². The van der Waals surface area contributed by atoms with Gasteiger partial charge in [-0.05, 0) is 24.7 Å². The number of hydrogen-bond acceptors (Lipinski definition) is 1. The van der Waals surface area contributed by atoms with E-state index in [4.69, 9.17) is 0 Å². The summed E-state index contributed by atoms with van der Waals surface area (Å²) in [5.74, 6) is 0.275. The van der Waals surface area contributed by atoms with E-state index in [2.05, 4.69) is 6.92 Å². The second-order valence-corrected chi connectivity index (χ2v) is 5.16. The van der Waals surface area contributed by atoms with E-state index in [1.807, 2.05) is 14.1 Å². The van der Waals surface area contributed by atoms with Crippen LogP contribution in [0.3, 0.4) is 0 Å². The van der Waals surface area contributed by atoms with Gasteiger partial charge in [0.1, 0.15) is 0 Å². The number of carbonyl (C=O) groups is 1. The molecular weight excluding hydrogens is 174 g/mol. The molecule has 2 heteroatoms. The van der Waals surface area contributed by atoms with Crippen molar-refractivity contribution < 1.29 is 4.79 Å². The minimum absolute atomic E-state index is 0.275. The summed E-state index contributed by atoms with van der Waals surface area (Å²) in [6.45, 7) is 2.34. The lowest BCUT2D eigenvalue weighted by molar-refractivity contribution is -0.129. The van der Waals surface area contributed by atoms with E-state index in [0.29, 0.717) is 5.41 Å². The van der Waals surface area contributed by atoms with Crippen LogP contribution < -0.4 is 0 Å². The molecular formula is C12H23NO. The molecule has 0 aromatic carbocycles. The highest BCUT2D eigenvalue weighted by Gasteiger charge is 2.27. The maximum absolute atomic E-state index is 11.5. The zero-order valence-electron chi connectivity index (χ0n) is 9.81. The molecule has 0 spiro atoms. The Labute approximate surface area is 87.7 Å². The van der Waals surface area contributed by atoms with Crippen molar-refractivity contribution in [2.75, 3.05) is 14.1 Å². The number of carbonyl (C=O) groups excluding carboxylic acids is 1. The quantitative estimate of drug-likeness (QED) is 0.681. The van der Waals surface area contributed by atoms with Crippen molar-refractivity contribution in [1.29, 1.82) is 0 Å². The predicted octanol–water partition coefficient (Wildman–Crippen LogP) is 2.83. The average molecular weight is 197 g/mol. The summed E-state index contributed by atoms with van der Waals surface area (Å²) >= 11 is 0. The molecule has 1 rings (SSSR count). The van der Waals surface area contributed by atoms with Gasteiger partial charge in [-0.15, -0.1) is 0 Å². The lowest BCUT2D eigenvalue weighted by Crippen LogP contribution is -2.26. The van der Waals surface area contributed by atoms with Gasteiger partial charge in [0.25, 0.3) is 0 Å². The van der Waals surface area contributed by atoms with Crippen LogP contribution >= 0.6 is 0 Å². The molecule has 1 fully saturated rings. The Morgan fingerprint density at radius 1 is 1.21 bits per heavy atom. The van der Waals surface area contributed by atoms with Crippen molar-refractivity contribution >= 4 is 5.91 Å². The molecule has 1 aliphatic carbocycles. The Balaban J connectivity index is 2.32. The van der Waals surface area contributed by atoms with Crippen LogP contribution in [0.1, 0.15) is 51.9 Å². The Hall–Kier alpha value is -0.530. The highest BCUT2D eigenvalue weighted by molar-refractivity contribution is 5.75. The first-order chi connectivity index (χ1) is 6.53. The summed E-state index contributed by atoms with van der Waals surface area (Å²) < 4.78 is 0. The Bertz CT molecular complexity index is 192. The lowest BCUT2D eigenvalue weighted by Gasteiger charge is -2.33. The molecule has 1 aliphatic rings. The fraction of sp³-hybridized carbons (Fsp3) is 0.917. The van der Waals surface area contributed by atoms with E-state index in [0.717, 1.165) is 12.8 Å². The largest absolute Gasteiger partial charge is 0.349 e. The van der Waals surface area contributed by atoms with Crippen molar-refractivity contribution in [3.63, 3.8) is 0 Å². The summed E-state index contributed by atoms with van der Waals surface area (Å²) in [5, 5.41) is 0. The van der Waals surface area contributed by atoms with Gasteiger partial charge in [0.05, 0.1) is 0 Å². The summed E-state index contributed by atoms with van der Waals surface area (Å²) in [6, 6.07) is 0. The first-order valence-electron chi connectivity index (χ1n) is 5.74. The van der Waals surface area contributed by atoms with Gasteiger partial charge in [-0.25, -0.2) is 0 Å². The molecule has 0 radical (unpaired) electrons. The highest BCUT2D eigenvalue weighted by Crippen LogP contribution is 2.39. The van der Waals surface area contributed by atoms with Crippen molar-refractivity contribution in [1.82, 2.24) is 4.90 Å². The molecule has 0 aromatic rings. The Kier molecular flexibility index (Phi) is 3.97. The summed E-state index contributed by atoms with van der Waals surface area (Å²) in [7, 11) is 3.68. The van der Waals surface area contributed by atoms with Crippen LogP contribution in [0.2, 0.25) is 0 Å². The Morgan fingerprint density at radius 2 is 1.79 bits per heavy atom. The van der Waals surface area contributed by atoms with Gasteiger partial charge in [-0.2, -0.15) is 0 Å². The molecule has 0 aromatic heterocycles. The number of amides is 1. The van der Waals surface area contributed by atoms with Crippen molar-refractivity contribution in [2.45, 2.75) is 51.9 Å². The fourth-order valence-electron chi connectivity index (χ4n) is 2.29. The molecule has 0 aliphatic heterocycles. The zero-order chi connectivity index (χ0) is 10.6. The molecule has 0 N–H and O–H groups in total. The first-order valence-corrected chi connectivity index (χ1v) is 5.74. The van der Waals surface area contributed by atoms with E-state index in [1.165, 1.54) is 32.1 Å². The smallest absolute Gasteiger partial charge is 0.222 e. The normalized spacial score (nSPS) is 20.5.